The van der Waals surface area contributed by atoms with Gasteiger partial charge in [0.2, 0.25) is 0 Å². The van der Waals surface area contributed by atoms with Gasteiger partial charge in [0, 0.05) is 0 Å². The Labute approximate surface area is 252 Å². The number of hydrogen-bond donors (Lipinski definition) is 0. The molecule has 4 aromatic carbocycles. The van der Waals surface area contributed by atoms with Crippen LogP contribution in [0.2, 0.25) is 0 Å². The van der Waals surface area contributed by atoms with Crippen molar-refractivity contribution < 1.29 is 49.0 Å². The second kappa shape index (κ2) is 16.3. The first-order chi connectivity index (χ1) is 16.8. The zero-order valence-corrected chi connectivity index (χ0v) is 26.7. The van der Waals surface area contributed by atoms with E-state index in [1.54, 1.807) is 0 Å². The first-order valence-corrected chi connectivity index (χ1v) is 14.0. The second-order valence-corrected chi connectivity index (χ2v) is 12.1. The van der Waals surface area contributed by atoms with Crippen molar-refractivity contribution in [2.75, 3.05) is 0 Å². The molecule has 0 nitrogen and oxygen atoms in total. The Hall–Kier alpha value is -1.66. The molecule has 0 heterocycles. The number of unbranched alkanes of at least 4 members (excludes halogenated alkanes) is 1. The molecule has 194 valence electrons. The summed E-state index contributed by atoms with van der Waals surface area (Å²) in [6, 6.07) is 35.5. The number of benzene rings is 3. The molecular weight excluding hydrogens is 571 g/mol. The molecule has 0 aliphatic heterocycles. The first-order valence-electron chi connectivity index (χ1n) is 12.7. The molecule has 0 radical (unpaired) electrons. The van der Waals surface area contributed by atoms with E-state index in [4.69, 9.17) is 0 Å². The summed E-state index contributed by atoms with van der Waals surface area (Å²) in [4.78, 5) is 0. The number of hydrogen-bond acceptors (Lipinski definition) is 0. The summed E-state index contributed by atoms with van der Waals surface area (Å²) in [5.41, 5.74) is 10.2. The summed E-state index contributed by atoms with van der Waals surface area (Å²) in [6.45, 7) is 11.2. The summed E-state index contributed by atoms with van der Waals surface area (Å²) >= 11 is 1.51. The molecule has 0 N–H and O–H groups in total. The SMILES string of the molecule is CCCCc1cc(C(C)(C)C)c[cH-]1.C[C](=[Zr+2])c1ccccc1.[Cl-].[Cl-].[c-]1cccc2c1Cc1ccccc1-2. The van der Waals surface area contributed by atoms with Crippen LogP contribution in [0.3, 0.4) is 0 Å². The first kappa shape index (κ1) is 33.4. The van der Waals surface area contributed by atoms with Gasteiger partial charge >= 0.3 is 70.3 Å². The van der Waals surface area contributed by atoms with E-state index >= 15 is 0 Å². The van der Waals surface area contributed by atoms with E-state index in [1.165, 1.54) is 85.6 Å². The van der Waals surface area contributed by atoms with Gasteiger partial charge in [-0.3, -0.25) is 0 Å². The summed E-state index contributed by atoms with van der Waals surface area (Å²) in [5.74, 6) is 0. The number of fused-ring (bicyclic) bond motifs is 3. The molecule has 0 fully saturated rings. The topological polar surface area (TPSA) is 0 Å². The predicted molar refractivity (Wildman–Crippen MR) is 149 cm³/mol. The zero-order valence-electron chi connectivity index (χ0n) is 22.7. The van der Waals surface area contributed by atoms with Crippen molar-refractivity contribution in [3.8, 4) is 11.1 Å². The number of aryl methyl sites for hydroxylation is 1. The van der Waals surface area contributed by atoms with E-state index in [9.17, 15) is 0 Å². The largest absolute Gasteiger partial charge is 1.00 e. The van der Waals surface area contributed by atoms with Crippen LogP contribution in [-0.2, 0) is 42.5 Å². The van der Waals surface area contributed by atoms with Crippen molar-refractivity contribution in [1.82, 2.24) is 0 Å². The molecular formula is C34H38Cl2Zr-2. The minimum Gasteiger partial charge on any atom is -1.00 e. The van der Waals surface area contributed by atoms with E-state index in [0.29, 0.717) is 5.41 Å². The van der Waals surface area contributed by atoms with Gasteiger partial charge in [-0.15, -0.1) is 5.56 Å². The van der Waals surface area contributed by atoms with Crippen LogP contribution in [0.15, 0.2) is 91.0 Å². The minimum atomic E-state index is 0. The van der Waals surface area contributed by atoms with Gasteiger partial charge in [-0.2, -0.15) is 53.1 Å². The Balaban J connectivity index is 0.000000275. The molecule has 0 aromatic heterocycles. The average molecular weight is 609 g/mol. The van der Waals surface area contributed by atoms with Gasteiger partial charge in [-0.1, -0.05) is 87.8 Å². The maximum absolute atomic E-state index is 3.30. The molecule has 1 aliphatic carbocycles. The van der Waals surface area contributed by atoms with E-state index in [-0.39, 0.29) is 24.8 Å². The van der Waals surface area contributed by atoms with Crippen molar-refractivity contribution in [2.45, 2.75) is 65.7 Å². The Morgan fingerprint density at radius 3 is 2.16 bits per heavy atom. The van der Waals surface area contributed by atoms with Gasteiger partial charge in [-0.25, -0.2) is 6.07 Å². The Kier molecular flexibility index (Phi) is 14.7. The van der Waals surface area contributed by atoms with Crippen LogP contribution in [-0.4, -0.2) is 3.21 Å². The molecule has 0 saturated carbocycles. The van der Waals surface area contributed by atoms with E-state index in [1.807, 2.05) is 12.1 Å². The quantitative estimate of drug-likeness (QED) is 0.276. The van der Waals surface area contributed by atoms with Crippen LogP contribution in [0.25, 0.3) is 11.1 Å². The zero-order chi connectivity index (χ0) is 25.3. The van der Waals surface area contributed by atoms with Gasteiger partial charge in [0.05, 0.1) is 0 Å². The Bertz CT molecular complexity index is 1170. The van der Waals surface area contributed by atoms with Crippen LogP contribution in [0.4, 0.5) is 0 Å². The molecule has 0 saturated heterocycles. The maximum Gasteiger partial charge on any atom is -0.0253 e. The number of halogens is 2. The second-order valence-electron chi connectivity index (χ2n) is 10.2. The standard InChI is InChI=1S/C13H9.C13H21.C8H8.2ClH.Zr/c1-3-7-12-10(5-1)9-11-6-2-4-8-13(11)12;1-5-6-7-11-8-9-12(10-11)13(2,3)4;1-2-8-6-4-3-5-7-8;;;/h1-5,7-8H,9H2;8-10H,5-7H2,1-4H3;3-7H,1H3;2*1H;/q2*-1;;;;+2/p-2. The smallest absolute Gasteiger partial charge is 0.0253 e. The summed E-state index contributed by atoms with van der Waals surface area (Å²) in [5, 5.41) is 0. The predicted octanol–water partition coefficient (Wildman–Crippen LogP) is 2.89. The van der Waals surface area contributed by atoms with Gasteiger partial charge < -0.3 is 24.8 Å². The van der Waals surface area contributed by atoms with E-state index in [0.717, 1.165) is 6.42 Å². The molecule has 3 heteroatoms. The van der Waals surface area contributed by atoms with Crippen LogP contribution in [0, 0.1) is 6.07 Å². The fourth-order valence-electron chi connectivity index (χ4n) is 4.18. The molecule has 0 atom stereocenters. The monoisotopic (exact) mass is 606 g/mol. The third-order valence-corrected chi connectivity index (χ3v) is 7.04. The Morgan fingerprint density at radius 1 is 0.919 bits per heavy atom. The van der Waals surface area contributed by atoms with Gasteiger partial charge in [0.1, 0.15) is 0 Å². The van der Waals surface area contributed by atoms with Crippen molar-refractivity contribution in [2.24, 2.45) is 0 Å². The number of rotatable bonds is 4. The summed E-state index contributed by atoms with van der Waals surface area (Å²) in [7, 11) is 0. The minimum absolute atomic E-state index is 0. The average Bonchev–Trinajstić information content (AvgIpc) is 3.49. The van der Waals surface area contributed by atoms with E-state index in [2.05, 4.69) is 120 Å². The van der Waals surface area contributed by atoms with Crippen molar-refractivity contribution in [1.29, 1.82) is 0 Å². The molecule has 0 amide bonds. The van der Waals surface area contributed by atoms with Gasteiger partial charge in [0.25, 0.3) is 0 Å². The van der Waals surface area contributed by atoms with Crippen molar-refractivity contribution in [3.05, 3.63) is 125 Å². The van der Waals surface area contributed by atoms with Gasteiger partial charge in [-0.05, 0) is 6.42 Å². The summed E-state index contributed by atoms with van der Waals surface area (Å²) in [6.07, 6.45) is 4.89. The molecule has 4 aromatic rings. The van der Waals surface area contributed by atoms with Crippen LogP contribution >= 0.6 is 0 Å². The van der Waals surface area contributed by atoms with Crippen molar-refractivity contribution >= 4 is 3.21 Å². The van der Waals surface area contributed by atoms with E-state index < -0.39 is 0 Å². The molecule has 0 spiro atoms. The maximum atomic E-state index is 3.30. The molecule has 1 aliphatic rings. The van der Waals surface area contributed by atoms with Gasteiger partial charge in [0.15, 0.2) is 0 Å². The normalized spacial score (nSPS) is 10.8. The fourth-order valence-corrected chi connectivity index (χ4v) is 4.59. The van der Waals surface area contributed by atoms with Crippen LogP contribution < -0.4 is 24.8 Å². The molecule has 0 unspecified atom stereocenters. The van der Waals surface area contributed by atoms with Crippen LogP contribution in [0.5, 0.6) is 0 Å². The molecule has 5 rings (SSSR count). The van der Waals surface area contributed by atoms with Crippen LogP contribution in [0.1, 0.15) is 75.3 Å². The molecule has 0 bridgehead atoms. The van der Waals surface area contributed by atoms with Crippen molar-refractivity contribution in [3.63, 3.8) is 0 Å². The third kappa shape index (κ3) is 10.2. The fraction of sp³-hybridized carbons (Fsp3) is 0.294. The Morgan fingerprint density at radius 2 is 1.57 bits per heavy atom. The third-order valence-electron chi connectivity index (χ3n) is 6.33. The summed E-state index contributed by atoms with van der Waals surface area (Å²) < 4.78 is 1.46. The molecule has 37 heavy (non-hydrogen) atoms.